The van der Waals surface area contributed by atoms with Gasteiger partial charge in [0.25, 0.3) is 0 Å². The summed E-state index contributed by atoms with van der Waals surface area (Å²) in [6.07, 6.45) is 0.991. The van der Waals surface area contributed by atoms with Gasteiger partial charge in [-0.2, -0.15) is 0 Å². The fraction of sp³-hybridized carbons (Fsp3) is 1.00. The molecule has 0 heterocycles. The first-order valence-electron chi connectivity index (χ1n) is 1.96. The van der Waals surface area contributed by atoms with Gasteiger partial charge in [-0.1, -0.05) is 0 Å². The summed E-state index contributed by atoms with van der Waals surface area (Å²) in [5.74, 6) is 0.724. The number of hydrogen-bond acceptors (Lipinski definition) is 1. The van der Waals surface area contributed by atoms with Crippen LogP contribution < -0.4 is 0 Å². The third kappa shape index (κ3) is 4.47. The molecule has 0 spiro atoms. The van der Waals surface area contributed by atoms with Crippen LogP contribution in [0.15, 0.2) is 0 Å². The summed E-state index contributed by atoms with van der Waals surface area (Å²) in [4.78, 5) is 0. The molecule has 38 valence electrons. The second kappa shape index (κ2) is 5.47. The minimum Gasteiger partial charge on any atom is -0.428 e. The van der Waals surface area contributed by atoms with E-state index in [2.05, 4.69) is 0 Å². The molecule has 0 aliphatic carbocycles. The zero-order chi connectivity index (χ0) is 4.83. The molecule has 0 aliphatic rings. The summed E-state index contributed by atoms with van der Waals surface area (Å²) in [6.45, 7) is 0.843. The van der Waals surface area contributed by atoms with E-state index in [-0.39, 0.29) is 0 Å². The maximum atomic E-state index is 5.32. The lowest BCUT2D eigenvalue weighted by atomic mass is 10.5. The molecule has 0 aromatic carbocycles. The zero-order valence-corrected chi connectivity index (χ0v) is 6.66. The standard InChI is InChI=1S/C3H9ClOSi/c4-2-1-3-5-6/h1-3H2,6H3. The normalized spacial score (nSPS) is 9.50. The van der Waals surface area contributed by atoms with Crippen LogP contribution in [-0.4, -0.2) is 23.0 Å². The Kier molecular flexibility index (Phi) is 5.89. The summed E-state index contributed by atoms with van der Waals surface area (Å²) in [5, 5.41) is 0. The Morgan fingerprint density at radius 1 is 1.67 bits per heavy atom. The molecule has 0 fully saturated rings. The number of hydrogen-bond donors (Lipinski definition) is 0. The average Bonchev–Trinajstić information content (AvgIpc) is 1.61. The fourth-order valence-corrected chi connectivity index (χ4v) is 0.597. The molecule has 0 rings (SSSR count). The molecule has 0 bridgehead atoms. The Balaban J connectivity index is 2.34. The van der Waals surface area contributed by atoms with Crippen LogP contribution >= 0.6 is 11.6 Å². The van der Waals surface area contributed by atoms with Crippen LogP contribution in [0.25, 0.3) is 0 Å². The number of alkyl halides is 1. The highest BCUT2D eigenvalue weighted by molar-refractivity contribution is 6.17. The van der Waals surface area contributed by atoms with E-state index in [1.54, 1.807) is 0 Å². The van der Waals surface area contributed by atoms with Crippen LogP contribution in [0.4, 0.5) is 0 Å². The Hall–Kier alpha value is 0.467. The Morgan fingerprint density at radius 3 is 2.50 bits per heavy atom. The van der Waals surface area contributed by atoms with Crippen LogP contribution in [-0.2, 0) is 4.43 Å². The lowest BCUT2D eigenvalue weighted by Crippen LogP contribution is -1.88. The van der Waals surface area contributed by atoms with Crippen molar-refractivity contribution in [3.8, 4) is 0 Å². The van der Waals surface area contributed by atoms with Gasteiger partial charge in [0, 0.05) is 12.5 Å². The van der Waals surface area contributed by atoms with Crippen LogP contribution in [0, 0.1) is 0 Å². The molecular weight excluding hydrogens is 116 g/mol. The van der Waals surface area contributed by atoms with Gasteiger partial charge in [-0.25, -0.2) is 0 Å². The van der Waals surface area contributed by atoms with Gasteiger partial charge in [0.15, 0.2) is 0 Å². The monoisotopic (exact) mass is 124 g/mol. The average molecular weight is 125 g/mol. The van der Waals surface area contributed by atoms with Crippen molar-refractivity contribution in [3.63, 3.8) is 0 Å². The molecule has 0 radical (unpaired) electrons. The summed E-state index contributed by atoms with van der Waals surface area (Å²) >= 11 is 5.32. The molecule has 0 aromatic rings. The molecular formula is C3H9ClOSi. The lowest BCUT2D eigenvalue weighted by Gasteiger charge is -1.89. The SMILES string of the molecule is [SiH3]OCCCCl. The van der Waals surface area contributed by atoms with Gasteiger partial charge in [0.05, 0.1) is 0 Å². The first-order chi connectivity index (χ1) is 2.91. The quantitative estimate of drug-likeness (QED) is 0.291. The van der Waals surface area contributed by atoms with Gasteiger partial charge in [-0.15, -0.1) is 11.6 Å². The molecule has 0 saturated carbocycles. The van der Waals surface area contributed by atoms with Crippen molar-refractivity contribution in [2.24, 2.45) is 0 Å². The van der Waals surface area contributed by atoms with E-state index < -0.39 is 0 Å². The minimum atomic E-state index is 0.724. The largest absolute Gasteiger partial charge is 0.428 e. The van der Waals surface area contributed by atoms with Crippen LogP contribution in [0.3, 0.4) is 0 Å². The molecule has 0 N–H and O–H groups in total. The van der Waals surface area contributed by atoms with Gasteiger partial charge < -0.3 is 4.43 Å². The Labute approximate surface area is 46.2 Å². The van der Waals surface area contributed by atoms with Crippen molar-refractivity contribution in [1.82, 2.24) is 0 Å². The van der Waals surface area contributed by atoms with E-state index in [1.807, 2.05) is 0 Å². The molecule has 0 unspecified atom stereocenters. The highest BCUT2D eigenvalue weighted by Crippen LogP contribution is 1.81. The minimum absolute atomic E-state index is 0.724. The molecule has 0 aromatic heterocycles. The van der Waals surface area contributed by atoms with Crippen molar-refractivity contribution >= 4 is 22.1 Å². The highest BCUT2D eigenvalue weighted by atomic mass is 35.5. The topological polar surface area (TPSA) is 9.23 Å². The van der Waals surface area contributed by atoms with E-state index in [0.717, 1.165) is 29.4 Å². The van der Waals surface area contributed by atoms with Gasteiger partial charge in [-0.3, -0.25) is 0 Å². The van der Waals surface area contributed by atoms with E-state index in [9.17, 15) is 0 Å². The third-order valence-corrected chi connectivity index (χ3v) is 1.16. The van der Waals surface area contributed by atoms with E-state index >= 15 is 0 Å². The molecule has 3 heteroatoms. The second-order valence-corrected chi connectivity index (χ2v) is 1.99. The van der Waals surface area contributed by atoms with Gasteiger partial charge >= 0.3 is 0 Å². The predicted molar refractivity (Wildman–Crippen MR) is 31.2 cm³/mol. The van der Waals surface area contributed by atoms with Crippen LogP contribution in [0.5, 0.6) is 0 Å². The molecule has 0 amide bonds. The third-order valence-electron chi connectivity index (χ3n) is 0.482. The van der Waals surface area contributed by atoms with Gasteiger partial charge in [-0.05, 0) is 6.42 Å². The van der Waals surface area contributed by atoms with Crippen molar-refractivity contribution in [2.45, 2.75) is 6.42 Å². The first kappa shape index (κ1) is 6.47. The Bertz CT molecular complexity index is 22.8. The summed E-state index contributed by atoms with van der Waals surface area (Å²) in [5.41, 5.74) is 0. The summed E-state index contributed by atoms with van der Waals surface area (Å²) in [6, 6.07) is 0. The van der Waals surface area contributed by atoms with E-state index in [4.69, 9.17) is 16.0 Å². The van der Waals surface area contributed by atoms with Crippen molar-refractivity contribution < 1.29 is 4.43 Å². The summed E-state index contributed by atoms with van der Waals surface area (Å²) in [7, 11) is 0.845. The van der Waals surface area contributed by atoms with E-state index in [0.29, 0.717) is 0 Å². The fourth-order valence-electron chi connectivity index (χ4n) is 0.199. The lowest BCUT2D eigenvalue weighted by molar-refractivity contribution is 0.350. The molecule has 0 saturated heterocycles. The predicted octanol–water partition coefficient (Wildman–Crippen LogP) is -0.0877. The highest BCUT2D eigenvalue weighted by Gasteiger charge is 1.75. The van der Waals surface area contributed by atoms with Crippen LogP contribution in [0.1, 0.15) is 6.42 Å². The Morgan fingerprint density at radius 2 is 2.33 bits per heavy atom. The number of rotatable bonds is 3. The van der Waals surface area contributed by atoms with Crippen molar-refractivity contribution in [3.05, 3.63) is 0 Å². The van der Waals surface area contributed by atoms with Crippen LogP contribution in [0.2, 0.25) is 0 Å². The first-order valence-corrected chi connectivity index (χ1v) is 3.32. The number of halogens is 1. The molecule has 1 nitrogen and oxygen atoms in total. The smallest absolute Gasteiger partial charge is 0.145 e. The molecule has 0 aliphatic heterocycles. The van der Waals surface area contributed by atoms with E-state index in [1.165, 1.54) is 0 Å². The van der Waals surface area contributed by atoms with Crippen molar-refractivity contribution in [1.29, 1.82) is 0 Å². The van der Waals surface area contributed by atoms with Gasteiger partial charge in [0.1, 0.15) is 10.5 Å². The summed E-state index contributed by atoms with van der Waals surface area (Å²) < 4.78 is 4.84. The zero-order valence-electron chi connectivity index (χ0n) is 3.91. The van der Waals surface area contributed by atoms with Gasteiger partial charge in [0.2, 0.25) is 0 Å². The molecule has 0 atom stereocenters. The van der Waals surface area contributed by atoms with Crippen molar-refractivity contribution in [2.75, 3.05) is 12.5 Å². The second-order valence-electron chi connectivity index (χ2n) is 1.04. The maximum absolute atomic E-state index is 5.32. The maximum Gasteiger partial charge on any atom is 0.145 e. The molecule has 6 heavy (non-hydrogen) atoms.